The lowest BCUT2D eigenvalue weighted by Crippen LogP contribution is -2.48. The second kappa shape index (κ2) is 48.1. The van der Waals surface area contributed by atoms with Crippen molar-refractivity contribution >= 4 is 65.8 Å². The van der Waals surface area contributed by atoms with Gasteiger partial charge in [0.05, 0.1) is 54.7 Å². The lowest BCUT2D eigenvalue weighted by molar-refractivity contribution is -0.215. The van der Waals surface area contributed by atoms with E-state index in [9.17, 15) is 52.7 Å². The van der Waals surface area contributed by atoms with Gasteiger partial charge in [0.25, 0.3) is 0 Å². The molecule has 0 aromatic carbocycles. The lowest BCUT2D eigenvalue weighted by atomic mass is 9.90. The van der Waals surface area contributed by atoms with Gasteiger partial charge < -0.3 is 66.9 Å². The molecular formula is C63H89N3O25. The standard InChI is InChI=1S/C63H89N3O25/c1-11-49(67)80-37-60(38-81-50(68)12-2,39-82-51(69)13-3)33-78-35-62(43-86-55(73)17-7,44-87-56(74)18-8)47-90-59(77)65-31-29-27-25-23-21-22-24-26-28-30-32-66(64)91-48-63(45-88-57(75)19-9,46-89-58(76)20-10)36-79-34-61(40-83-52(70)14-4,41-84-53(71)15-5)42-85-54(72)16-6/h11-20H,1-10,21-48,64H2,(H,65,77). The number of unbranched alkanes of at least 4 members (excludes halogenated alkanes) is 9. The van der Waals surface area contributed by atoms with Gasteiger partial charge in [0.1, 0.15) is 72.7 Å². The number of nitrogens with zero attached hydrogens (tertiary/aromatic N) is 1. The number of hydrazine groups is 1. The first kappa shape index (κ1) is 82.2. The second-order valence-electron chi connectivity index (χ2n) is 20.6. The largest absolute Gasteiger partial charge is 0.462 e. The van der Waals surface area contributed by atoms with E-state index in [0.717, 1.165) is 117 Å². The number of hydrogen-bond donors (Lipinski definition) is 2. The van der Waals surface area contributed by atoms with Crippen LogP contribution in [-0.2, 0) is 114 Å². The highest BCUT2D eigenvalue weighted by molar-refractivity contribution is 5.84. The number of esters is 10. The molecule has 0 aromatic rings. The third kappa shape index (κ3) is 38.4. The monoisotopic (exact) mass is 1290 g/mol. The maximum atomic E-state index is 13.0. The summed E-state index contributed by atoms with van der Waals surface area (Å²) in [5, 5.41) is 3.75. The second-order valence-corrected chi connectivity index (χ2v) is 20.6. The molecule has 0 atom stereocenters. The van der Waals surface area contributed by atoms with E-state index in [-0.39, 0.29) is 19.7 Å². The third-order valence-electron chi connectivity index (χ3n) is 12.6. The van der Waals surface area contributed by atoms with Crippen LogP contribution in [-0.4, -0.2) is 190 Å². The van der Waals surface area contributed by atoms with Gasteiger partial charge in [-0.15, -0.1) is 5.17 Å². The minimum atomic E-state index is -1.59. The number of ether oxygens (including phenoxy) is 13. The van der Waals surface area contributed by atoms with Crippen molar-refractivity contribution < 1.29 is 119 Å². The summed E-state index contributed by atoms with van der Waals surface area (Å²) in [6.07, 6.45) is 16.4. The molecule has 91 heavy (non-hydrogen) atoms. The van der Waals surface area contributed by atoms with Crippen LogP contribution in [0.3, 0.4) is 0 Å². The molecule has 0 rings (SSSR count). The normalized spacial score (nSPS) is 11.1. The molecule has 506 valence electrons. The summed E-state index contributed by atoms with van der Waals surface area (Å²) >= 11 is 0. The van der Waals surface area contributed by atoms with E-state index in [0.29, 0.717) is 12.8 Å². The Labute approximate surface area is 530 Å². The highest BCUT2D eigenvalue weighted by Gasteiger charge is 2.42. The van der Waals surface area contributed by atoms with Crippen molar-refractivity contribution in [3.05, 3.63) is 127 Å². The summed E-state index contributed by atoms with van der Waals surface area (Å²) in [6, 6.07) is 0. The Morgan fingerprint density at radius 1 is 0.286 bits per heavy atom. The first-order valence-electron chi connectivity index (χ1n) is 28.6. The van der Waals surface area contributed by atoms with Crippen LogP contribution in [0.2, 0.25) is 0 Å². The smallest absolute Gasteiger partial charge is 0.407 e. The molecule has 3 N–H and O–H groups in total. The molecule has 0 aromatic heterocycles. The summed E-state index contributed by atoms with van der Waals surface area (Å²) in [6.45, 7) is 26.5. The van der Waals surface area contributed by atoms with E-state index in [2.05, 4.69) is 71.1 Å². The summed E-state index contributed by atoms with van der Waals surface area (Å²) in [7, 11) is 0. The summed E-state index contributed by atoms with van der Waals surface area (Å²) in [5.74, 6) is -2.32. The lowest BCUT2D eigenvalue weighted by Gasteiger charge is -2.36. The molecule has 0 fully saturated rings. The third-order valence-corrected chi connectivity index (χ3v) is 12.6. The number of nitrogens with one attached hydrogen (secondary N) is 1. The maximum Gasteiger partial charge on any atom is 0.407 e. The summed E-state index contributed by atoms with van der Waals surface area (Å²) in [4.78, 5) is 141. The van der Waals surface area contributed by atoms with Crippen molar-refractivity contribution in [2.24, 2.45) is 27.5 Å². The SMILES string of the molecule is C=CC(=O)OCC(COCC(COC(=O)C=C)(COC(=O)C=C)COC(=O)NCCCCCCCCCCCCN(N)OCC(COCC(COC(=O)C=C)(COC(=O)C=C)COC(=O)C=C)(COC(=O)C=C)COC(=O)C=C)(COC(=O)C=C)COC(=O)C=C. The number of hydroxylamine groups is 1. The molecule has 28 heteroatoms. The summed E-state index contributed by atoms with van der Waals surface area (Å²) < 4.78 is 70.7. The van der Waals surface area contributed by atoms with E-state index in [1.54, 1.807) is 0 Å². The van der Waals surface area contributed by atoms with Gasteiger partial charge in [-0.05, 0) is 12.8 Å². The van der Waals surface area contributed by atoms with Crippen LogP contribution < -0.4 is 11.2 Å². The molecular weight excluding hydrogens is 1200 g/mol. The molecule has 0 bridgehead atoms. The van der Waals surface area contributed by atoms with Crippen LogP contribution in [0.1, 0.15) is 64.2 Å². The van der Waals surface area contributed by atoms with E-state index in [4.69, 9.17) is 72.3 Å². The number of rotatable bonds is 56. The van der Waals surface area contributed by atoms with Crippen molar-refractivity contribution in [1.82, 2.24) is 10.5 Å². The fraction of sp³-hybridized carbons (Fsp3) is 0.508. The van der Waals surface area contributed by atoms with Crippen molar-refractivity contribution in [1.29, 1.82) is 0 Å². The fourth-order valence-electron chi connectivity index (χ4n) is 7.35. The molecule has 0 spiro atoms. The predicted octanol–water partition coefficient (Wildman–Crippen LogP) is 4.99. The molecule has 0 aliphatic carbocycles. The predicted molar refractivity (Wildman–Crippen MR) is 325 cm³/mol. The Morgan fingerprint density at radius 3 is 0.714 bits per heavy atom. The first-order valence-corrected chi connectivity index (χ1v) is 28.6. The highest BCUT2D eigenvalue weighted by Crippen LogP contribution is 2.29. The van der Waals surface area contributed by atoms with Crippen molar-refractivity contribution in [2.45, 2.75) is 64.2 Å². The van der Waals surface area contributed by atoms with Crippen LogP contribution >= 0.6 is 0 Å². The van der Waals surface area contributed by atoms with Gasteiger partial charge >= 0.3 is 65.8 Å². The Kier molecular flexibility index (Phi) is 43.4. The van der Waals surface area contributed by atoms with Gasteiger partial charge in [0, 0.05) is 73.8 Å². The number of nitrogens with two attached hydrogens (primary N) is 1. The van der Waals surface area contributed by atoms with Gasteiger partial charge in [-0.1, -0.05) is 117 Å². The molecule has 0 unspecified atom stereocenters. The molecule has 0 radical (unpaired) electrons. The van der Waals surface area contributed by atoms with E-state index < -0.39 is 187 Å². The molecule has 28 nitrogen and oxygen atoms in total. The van der Waals surface area contributed by atoms with E-state index >= 15 is 0 Å². The number of carbonyl (C=O) groups excluding carboxylic acids is 11. The first-order chi connectivity index (χ1) is 43.5. The van der Waals surface area contributed by atoms with Gasteiger partial charge in [0.15, 0.2) is 0 Å². The number of amides is 1. The average molecular weight is 1290 g/mol. The minimum Gasteiger partial charge on any atom is -0.462 e. The molecule has 1 amide bonds. The quantitative estimate of drug-likeness (QED) is 0.0202. The van der Waals surface area contributed by atoms with E-state index in [1.807, 2.05) is 0 Å². The van der Waals surface area contributed by atoms with Crippen LogP contribution in [0.25, 0.3) is 0 Å². The van der Waals surface area contributed by atoms with Crippen molar-refractivity contribution in [3.8, 4) is 0 Å². The van der Waals surface area contributed by atoms with Crippen LogP contribution in [0.5, 0.6) is 0 Å². The van der Waals surface area contributed by atoms with Gasteiger partial charge in [0.2, 0.25) is 0 Å². The summed E-state index contributed by atoms with van der Waals surface area (Å²) in [5.41, 5.74) is -6.16. The van der Waals surface area contributed by atoms with Crippen molar-refractivity contribution in [2.75, 3.05) is 119 Å². The van der Waals surface area contributed by atoms with Crippen LogP contribution in [0, 0.1) is 21.7 Å². The topological polar surface area (TPSA) is 358 Å². The van der Waals surface area contributed by atoms with Gasteiger partial charge in [-0.2, -0.15) is 0 Å². The van der Waals surface area contributed by atoms with Crippen molar-refractivity contribution in [3.63, 3.8) is 0 Å². The van der Waals surface area contributed by atoms with E-state index in [1.165, 1.54) is 0 Å². The average Bonchev–Trinajstić information content (AvgIpc) is 1.30. The number of carbonyl (C=O) groups is 11. The zero-order valence-corrected chi connectivity index (χ0v) is 51.9. The Bertz CT molecular complexity index is 2300. The zero-order chi connectivity index (χ0) is 68.4. The molecule has 0 aliphatic heterocycles. The Morgan fingerprint density at radius 2 is 0.484 bits per heavy atom. The molecule has 0 saturated carbocycles. The molecule has 0 aliphatic rings. The number of hydrogen-bond acceptors (Lipinski definition) is 27. The maximum absolute atomic E-state index is 13.0. The number of alkyl carbamates (subject to hydrolysis) is 1. The molecule has 0 heterocycles. The molecule has 0 saturated heterocycles. The zero-order valence-electron chi connectivity index (χ0n) is 51.9. The Hall–Kier alpha value is -8.83. The highest BCUT2D eigenvalue weighted by atomic mass is 16.7. The van der Waals surface area contributed by atoms with Crippen LogP contribution in [0.15, 0.2) is 127 Å². The Balaban J connectivity index is 5.64. The minimum absolute atomic E-state index is 0.241. The van der Waals surface area contributed by atoms with Gasteiger partial charge in [-0.3, -0.25) is 4.84 Å². The fourth-order valence-corrected chi connectivity index (χ4v) is 7.35. The van der Waals surface area contributed by atoms with Crippen LogP contribution in [0.4, 0.5) is 4.79 Å². The van der Waals surface area contributed by atoms with Gasteiger partial charge in [-0.25, -0.2) is 58.6 Å².